The summed E-state index contributed by atoms with van der Waals surface area (Å²) in [5, 5.41) is 14.8. The molecular formula is C35H59N3O3. The Labute approximate surface area is 250 Å². The fourth-order valence-electron chi connectivity index (χ4n) is 6.96. The number of phenolic OH excluding ortho intramolecular Hbond substituents is 1. The van der Waals surface area contributed by atoms with Crippen molar-refractivity contribution in [1.82, 2.24) is 15.1 Å². The largest absolute Gasteiger partial charge is 0.507 e. The SMILES string of the molecule is CC1(C)CN(CCCN(C(=O)C(C)(C)c2cc(C(C)(C)C)c(O)c(C(C)(C)C)c2)C2CCCCC2)C(=O)C(C)(C)N1. The Morgan fingerprint density at radius 1 is 0.951 bits per heavy atom. The molecule has 0 spiro atoms. The van der Waals surface area contributed by atoms with Gasteiger partial charge in [-0.15, -0.1) is 0 Å². The summed E-state index contributed by atoms with van der Waals surface area (Å²) in [6.07, 6.45) is 6.34. The molecule has 232 valence electrons. The number of carbonyl (C=O) groups excluding carboxylic acids is 2. The van der Waals surface area contributed by atoms with E-state index in [2.05, 4.69) is 77.7 Å². The van der Waals surface area contributed by atoms with Gasteiger partial charge in [0.15, 0.2) is 0 Å². The number of nitrogens with one attached hydrogen (secondary N) is 1. The van der Waals surface area contributed by atoms with Crippen molar-refractivity contribution in [3.8, 4) is 5.75 Å². The lowest BCUT2D eigenvalue weighted by atomic mass is 9.73. The Bertz CT molecular complexity index is 1080. The molecule has 1 saturated heterocycles. The molecule has 1 aromatic rings. The maximum absolute atomic E-state index is 14.6. The van der Waals surface area contributed by atoms with Crippen molar-refractivity contribution in [2.45, 2.75) is 155 Å². The highest BCUT2D eigenvalue weighted by molar-refractivity contribution is 5.88. The van der Waals surface area contributed by atoms with Crippen molar-refractivity contribution in [1.29, 1.82) is 0 Å². The summed E-state index contributed by atoms with van der Waals surface area (Å²) in [5.41, 5.74) is 0.667. The molecule has 0 bridgehead atoms. The predicted octanol–water partition coefficient (Wildman–Crippen LogP) is 6.81. The number of carbonyl (C=O) groups is 2. The third-order valence-electron chi connectivity index (χ3n) is 9.14. The van der Waals surface area contributed by atoms with E-state index in [0.29, 0.717) is 25.4 Å². The quantitative estimate of drug-likeness (QED) is 0.379. The minimum absolute atomic E-state index is 0.126. The molecule has 1 aliphatic carbocycles. The Hall–Kier alpha value is -2.08. The van der Waals surface area contributed by atoms with Crippen LogP contribution in [0.15, 0.2) is 12.1 Å². The maximum atomic E-state index is 14.6. The average Bonchev–Trinajstić information content (AvgIpc) is 2.82. The summed E-state index contributed by atoms with van der Waals surface area (Å²) < 4.78 is 0. The smallest absolute Gasteiger partial charge is 0.242 e. The molecule has 41 heavy (non-hydrogen) atoms. The fourth-order valence-corrected chi connectivity index (χ4v) is 6.96. The van der Waals surface area contributed by atoms with Crippen LogP contribution in [0.1, 0.15) is 138 Å². The number of benzene rings is 1. The number of hydrogen-bond donors (Lipinski definition) is 2. The normalized spacial score (nSPS) is 20.3. The van der Waals surface area contributed by atoms with Gasteiger partial charge in [-0.1, -0.05) is 72.9 Å². The van der Waals surface area contributed by atoms with Gasteiger partial charge in [-0.2, -0.15) is 0 Å². The third kappa shape index (κ3) is 7.47. The summed E-state index contributed by atoms with van der Waals surface area (Å²) >= 11 is 0. The molecule has 2 aliphatic rings. The van der Waals surface area contributed by atoms with Gasteiger partial charge < -0.3 is 14.9 Å². The van der Waals surface area contributed by atoms with Gasteiger partial charge in [0.25, 0.3) is 0 Å². The Morgan fingerprint density at radius 3 is 1.95 bits per heavy atom. The molecule has 6 heteroatoms. The molecule has 2 fully saturated rings. The molecule has 1 saturated carbocycles. The molecule has 0 atom stereocenters. The van der Waals surface area contributed by atoms with Gasteiger partial charge in [0.05, 0.1) is 11.0 Å². The molecule has 6 nitrogen and oxygen atoms in total. The van der Waals surface area contributed by atoms with E-state index in [0.717, 1.165) is 48.8 Å². The van der Waals surface area contributed by atoms with E-state index >= 15 is 0 Å². The molecule has 1 heterocycles. The van der Waals surface area contributed by atoms with Gasteiger partial charge >= 0.3 is 0 Å². The zero-order valence-electron chi connectivity index (χ0n) is 28.3. The van der Waals surface area contributed by atoms with Gasteiger partial charge in [0.2, 0.25) is 11.8 Å². The van der Waals surface area contributed by atoms with Crippen LogP contribution in [0.4, 0.5) is 0 Å². The second kappa shape index (κ2) is 11.5. The van der Waals surface area contributed by atoms with Crippen molar-refractivity contribution in [2.24, 2.45) is 0 Å². The molecule has 0 unspecified atom stereocenters. The number of phenols is 1. The lowest BCUT2D eigenvalue weighted by Gasteiger charge is -2.47. The van der Waals surface area contributed by atoms with Crippen molar-refractivity contribution >= 4 is 11.8 Å². The van der Waals surface area contributed by atoms with Crippen LogP contribution < -0.4 is 5.32 Å². The van der Waals surface area contributed by atoms with Crippen LogP contribution in [-0.2, 0) is 25.8 Å². The number of rotatable bonds is 7. The molecule has 2 N–H and O–H groups in total. The van der Waals surface area contributed by atoms with Gasteiger partial charge in [0, 0.05) is 31.2 Å². The van der Waals surface area contributed by atoms with Gasteiger partial charge in [-0.3, -0.25) is 14.9 Å². The number of piperazine rings is 1. The molecule has 1 aromatic carbocycles. The first-order valence-corrected chi connectivity index (χ1v) is 15.9. The highest BCUT2D eigenvalue weighted by Gasteiger charge is 2.44. The predicted molar refractivity (Wildman–Crippen MR) is 170 cm³/mol. The minimum atomic E-state index is -0.764. The van der Waals surface area contributed by atoms with E-state index in [-0.39, 0.29) is 34.2 Å². The fraction of sp³-hybridized carbons (Fsp3) is 0.771. The van der Waals surface area contributed by atoms with Crippen LogP contribution in [0.3, 0.4) is 0 Å². The van der Waals surface area contributed by atoms with Gasteiger partial charge in [0.1, 0.15) is 5.75 Å². The van der Waals surface area contributed by atoms with E-state index in [1.165, 1.54) is 6.42 Å². The van der Waals surface area contributed by atoms with Crippen LogP contribution in [0.2, 0.25) is 0 Å². The minimum Gasteiger partial charge on any atom is -0.507 e. The van der Waals surface area contributed by atoms with Gasteiger partial charge in [-0.05, 0) is 88.3 Å². The van der Waals surface area contributed by atoms with E-state index in [1.54, 1.807) is 0 Å². The van der Waals surface area contributed by atoms with Crippen LogP contribution in [-0.4, -0.2) is 63.5 Å². The second-order valence-electron chi connectivity index (χ2n) is 16.5. The summed E-state index contributed by atoms with van der Waals surface area (Å²) in [5.74, 6) is 0.607. The number of amides is 2. The topological polar surface area (TPSA) is 72.9 Å². The van der Waals surface area contributed by atoms with Gasteiger partial charge in [-0.25, -0.2) is 0 Å². The van der Waals surface area contributed by atoms with Crippen molar-refractivity contribution in [2.75, 3.05) is 19.6 Å². The van der Waals surface area contributed by atoms with Crippen LogP contribution in [0, 0.1) is 0 Å². The van der Waals surface area contributed by atoms with Crippen LogP contribution in [0.5, 0.6) is 5.75 Å². The molecule has 0 radical (unpaired) electrons. The summed E-state index contributed by atoms with van der Waals surface area (Å²) in [6, 6.07) is 4.35. The van der Waals surface area contributed by atoms with E-state index in [9.17, 15) is 14.7 Å². The zero-order chi connectivity index (χ0) is 31.2. The van der Waals surface area contributed by atoms with Crippen molar-refractivity contribution in [3.05, 3.63) is 28.8 Å². The highest BCUT2D eigenvalue weighted by Crippen LogP contribution is 2.43. The van der Waals surface area contributed by atoms with Crippen LogP contribution >= 0.6 is 0 Å². The molecule has 3 rings (SSSR count). The zero-order valence-corrected chi connectivity index (χ0v) is 28.3. The number of hydrogen-bond acceptors (Lipinski definition) is 4. The summed E-state index contributed by atoms with van der Waals surface area (Å²) in [4.78, 5) is 31.9. The lowest BCUT2D eigenvalue weighted by Crippen LogP contribution is -2.69. The maximum Gasteiger partial charge on any atom is 0.242 e. The first kappa shape index (κ1) is 33.4. The Balaban J connectivity index is 1.93. The first-order valence-electron chi connectivity index (χ1n) is 15.9. The number of aromatic hydroxyl groups is 1. The average molecular weight is 570 g/mol. The second-order valence-corrected chi connectivity index (χ2v) is 16.5. The number of nitrogens with zero attached hydrogens (tertiary/aromatic N) is 2. The first-order chi connectivity index (χ1) is 18.6. The van der Waals surface area contributed by atoms with Crippen molar-refractivity contribution in [3.63, 3.8) is 0 Å². The third-order valence-corrected chi connectivity index (χ3v) is 9.14. The summed E-state index contributed by atoms with van der Waals surface area (Å²) in [7, 11) is 0. The Morgan fingerprint density at radius 2 is 1.46 bits per heavy atom. The van der Waals surface area contributed by atoms with E-state index in [4.69, 9.17) is 0 Å². The molecule has 2 amide bonds. The molecular weight excluding hydrogens is 510 g/mol. The van der Waals surface area contributed by atoms with Crippen LogP contribution in [0.25, 0.3) is 0 Å². The molecule has 1 aliphatic heterocycles. The van der Waals surface area contributed by atoms with E-state index in [1.807, 2.05) is 32.6 Å². The monoisotopic (exact) mass is 569 g/mol. The standard InChI is InChI=1S/C35H59N3O3/c1-31(2,3)26-21-24(22-27(28(26)39)32(4,5)6)34(9,10)29(40)38(25-17-14-13-15-18-25)20-16-19-37-23-33(7,8)36-35(11,12)30(37)41/h21-22,25,36,39H,13-20,23H2,1-12H3. The van der Waals surface area contributed by atoms with Crippen molar-refractivity contribution < 1.29 is 14.7 Å². The summed E-state index contributed by atoms with van der Waals surface area (Å²) in [6.45, 7) is 26.9. The highest BCUT2D eigenvalue weighted by atomic mass is 16.3. The molecule has 0 aromatic heterocycles. The Kier molecular flexibility index (Phi) is 9.41. The lowest BCUT2D eigenvalue weighted by molar-refractivity contribution is -0.144. The van der Waals surface area contributed by atoms with E-state index < -0.39 is 11.0 Å².